The van der Waals surface area contributed by atoms with Crippen molar-refractivity contribution in [1.82, 2.24) is 15.0 Å². The first-order chi connectivity index (χ1) is 14.7. The van der Waals surface area contributed by atoms with E-state index >= 15 is 0 Å². The van der Waals surface area contributed by atoms with Crippen LogP contribution in [0.3, 0.4) is 0 Å². The minimum Gasteiger partial charge on any atom is -0.477 e. The van der Waals surface area contributed by atoms with E-state index in [0.29, 0.717) is 5.16 Å². The molecule has 0 fully saturated rings. The number of nitrogens with zero attached hydrogens (tertiary/aromatic N) is 1. The third kappa shape index (κ3) is 3.38. The summed E-state index contributed by atoms with van der Waals surface area (Å²) >= 11 is 1.11. The summed E-state index contributed by atoms with van der Waals surface area (Å²) in [7, 11) is 0. The smallest absolute Gasteiger partial charge is 0.342 e. The molecule has 2 heterocycles. The average molecular weight is 411 g/mol. The quantitative estimate of drug-likeness (QED) is 0.247. The molecule has 6 heteroatoms. The van der Waals surface area contributed by atoms with Crippen LogP contribution in [0, 0.1) is 0 Å². The molecule has 0 spiro atoms. The Labute approximate surface area is 176 Å². The van der Waals surface area contributed by atoms with E-state index in [9.17, 15) is 9.90 Å². The lowest BCUT2D eigenvalue weighted by atomic mass is 10.0. The maximum atomic E-state index is 12.1. The Bertz CT molecular complexity index is 1370. The van der Waals surface area contributed by atoms with Crippen LogP contribution in [0.5, 0.6) is 0 Å². The van der Waals surface area contributed by atoms with Crippen molar-refractivity contribution in [3.63, 3.8) is 0 Å². The molecule has 3 aromatic carbocycles. The van der Waals surface area contributed by atoms with Gasteiger partial charge in [-0.15, -0.1) is 0 Å². The summed E-state index contributed by atoms with van der Waals surface area (Å²) in [5.41, 5.74) is 5.38. The maximum Gasteiger partial charge on any atom is 0.342 e. The van der Waals surface area contributed by atoms with Crippen molar-refractivity contribution >= 4 is 45.7 Å². The van der Waals surface area contributed by atoms with Crippen molar-refractivity contribution < 1.29 is 9.90 Å². The highest BCUT2D eigenvalue weighted by molar-refractivity contribution is 8.04. The van der Waals surface area contributed by atoms with Crippen LogP contribution in [-0.4, -0.2) is 26.0 Å². The van der Waals surface area contributed by atoms with Gasteiger partial charge in [0.15, 0.2) is 5.16 Å². The number of carbonyl (C=O) groups is 1. The SMILES string of the molecule is O=C(O)/C(=C/c1c(-c2ccccc2)[nH]c2ccccc12)Sc1nc2ccccc2[nH]1. The van der Waals surface area contributed by atoms with Crippen LogP contribution in [0.1, 0.15) is 5.56 Å². The zero-order chi connectivity index (χ0) is 20.5. The lowest BCUT2D eigenvalue weighted by Gasteiger charge is -2.04. The molecule has 0 saturated carbocycles. The summed E-state index contributed by atoms with van der Waals surface area (Å²) in [6.07, 6.45) is 1.72. The number of H-pyrrole nitrogens is 2. The second kappa shape index (κ2) is 7.57. The summed E-state index contributed by atoms with van der Waals surface area (Å²) in [5, 5.41) is 11.4. The number of hydrogen-bond donors (Lipinski definition) is 3. The summed E-state index contributed by atoms with van der Waals surface area (Å²) in [5.74, 6) is -0.996. The Hall–Kier alpha value is -3.77. The van der Waals surface area contributed by atoms with Gasteiger partial charge >= 0.3 is 5.97 Å². The van der Waals surface area contributed by atoms with E-state index in [1.165, 1.54) is 0 Å². The van der Waals surface area contributed by atoms with Gasteiger partial charge in [-0.3, -0.25) is 0 Å². The van der Waals surface area contributed by atoms with Gasteiger partial charge in [-0.2, -0.15) is 0 Å². The van der Waals surface area contributed by atoms with E-state index in [2.05, 4.69) is 15.0 Å². The van der Waals surface area contributed by atoms with Gasteiger partial charge in [-0.25, -0.2) is 9.78 Å². The van der Waals surface area contributed by atoms with Crippen molar-refractivity contribution in [1.29, 1.82) is 0 Å². The highest BCUT2D eigenvalue weighted by Crippen LogP contribution is 2.35. The number of carboxylic acid groups (broad SMARTS) is 1. The van der Waals surface area contributed by atoms with Gasteiger partial charge in [0.25, 0.3) is 0 Å². The van der Waals surface area contributed by atoms with Gasteiger partial charge in [0.05, 0.1) is 16.7 Å². The predicted octanol–water partition coefficient (Wildman–Crippen LogP) is 5.93. The predicted molar refractivity (Wildman–Crippen MR) is 121 cm³/mol. The van der Waals surface area contributed by atoms with E-state index in [4.69, 9.17) is 0 Å². The minimum atomic E-state index is -0.996. The molecule has 0 aliphatic heterocycles. The molecule has 0 aliphatic carbocycles. The van der Waals surface area contributed by atoms with Gasteiger partial charge in [-0.05, 0) is 41.6 Å². The fourth-order valence-electron chi connectivity index (χ4n) is 3.49. The van der Waals surface area contributed by atoms with Crippen LogP contribution >= 0.6 is 11.8 Å². The van der Waals surface area contributed by atoms with Crippen molar-refractivity contribution in [2.45, 2.75) is 5.16 Å². The molecule has 30 heavy (non-hydrogen) atoms. The van der Waals surface area contributed by atoms with E-state index in [1.807, 2.05) is 78.9 Å². The molecule has 0 unspecified atom stereocenters. The third-order valence-electron chi connectivity index (χ3n) is 4.87. The number of aliphatic carboxylic acids is 1. The molecule has 0 atom stereocenters. The topological polar surface area (TPSA) is 81.8 Å². The Morgan fingerprint density at radius 1 is 0.867 bits per heavy atom. The molecule has 2 aromatic heterocycles. The molecule has 5 nitrogen and oxygen atoms in total. The first-order valence-corrected chi connectivity index (χ1v) is 10.2. The first-order valence-electron chi connectivity index (χ1n) is 9.43. The van der Waals surface area contributed by atoms with Gasteiger partial charge < -0.3 is 15.1 Å². The summed E-state index contributed by atoms with van der Waals surface area (Å²) in [6.45, 7) is 0. The lowest BCUT2D eigenvalue weighted by Crippen LogP contribution is -1.97. The summed E-state index contributed by atoms with van der Waals surface area (Å²) in [4.78, 5) is 23.4. The number of fused-ring (bicyclic) bond motifs is 2. The monoisotopic (exact) mass is 411 g/mol. The number of carboxylic acids is 1. The van der Waals surface area contributed by atoms with Crippen molar-refractivity contribution in [3.8, 4) is 11.3 Å². The molecular formula is C24H17N3O2S. The van der Waals surface area contributed by atoms with Gasteiger partial charge in [0.2, 0.25) is 0 Å². The van der Waals surface area contributed by atoms with Crippen LogP contribution in [-0.2, 0) is 4.79 Å². The maximum absolute atomic E-state index is 12.1. The standard InChI is InChI=1S/C24H17N3O2S/c28-23(29)21(30-24-26-19-12-6-7-13-20(19)27-24)14-17-16-10-4-5-11-18(16)25-22(17)15-8-2-1-3-9-15/h1-14,25H,(H,26,27)(H,28,29)/b21-14-. The highest BCUT2D eigenvalue weighted by Gasteiger charge is 2.17. The molecular weight excluding hydrogens is 394 g/mol. The fourth-order valence-corrected chi connectivity index (χ4v) is 4.27. The average Bonchev–Trinajstić information content (AvgIpc) is 3.35. The second-order valence-corrected chi connectivity index (χ2v) is 7.83. The molecule has 0 saturated heterocycles. The number of imidazole rings is 1. The van der Waals surface area contributed by atoms with Gasteiger partial charge in [0.1, 0.15) is 4.91 Å². The number of hydrogen-bond acceptors (Lipinski definition) is 3. The minimum absolute atomic E-state index is 0.191. The van der Waals surface area contributed by atoms with E-state index in [1.54, 1.807) is 6.08 Å². The number of thioether (sulfide) groups is 1. The zero-order valence-electron chi connectivity index (χ0n) is 15.8. The second-order valence-electron chi connectivity index (χ2n) is 6.80. The zero-order valence-corrected chi connectivity index (χ0v) is 16.6. The Balaban J connectivity index is 1.64. The number of aromatic amines is 2. The molecule has 146 valence electrons. The van der Waals surface area contributed by atoms with Gasteiger partial charge in [-0.1, -0.05) is 60.7 Å². The van der Waals surface area contributed by atoms with E-state index in [0.717, 1.165) is 50.5 Å². The molecule has 5 rings (SSSR count). The number of aromatic nitrogens is 3. The molecule has 0 aliphatic rings. The largest absolute Gasteiger partial charge is 0.477 e. The van der Waals surface area contributed by atoms with Crippen LogP contribution in [0.15, 0.2) is 88.9 Å². The van der Waals surface area contributed by atoms with Crippen LogP contribution in [0.2, 0.25) is 0 Å². The van der Waals surface area contributed by atoms with E-state index < -0.39 is 5.97 Å². The third-order valence-corrected chi connectivity index (χ3v) is 5.77. The van der Waals surface area contributed by atoms with Crippen LogP contribution < -0.4 is 0 Å². The summed E-state index contributed by atoms with van der Waals surface area (Å²) < 4.78 is 0. The molecule has 0 bridgehead atoms. The van der Waals surface area contributed by atoms with Crippen molar-refractivity contribution in [3.05, 3.63) is 89.3 Å². The van der Waals surface area contributed by atoms with Crippen molar-refractivity contribution in [2.75, 3.05) is 0 Å². The molecule has 5 aromatic rings. The van der Waals surface area contributed by atoms with Crippen molar-refractivity contribution in [2.24, 2.45) is 0 Å². The van der Waals surface area contributed by atoms with Crippen LogP contribution in [0.25, 0.3) is 39.3 Å². The normalized spacial score (nSPS) is 11.9. The van der Waals surface area contributed by atoms with Gasteiger partial charge in [0, 0.05) is 16.5 Å². The molecule has 0 radical (unpaired) electrons. The van der Waals surface area contributed by atoms with E-state index in [-0.39, 0.29) is 4.91 Å². The Kier molecular flexibility index (Phi) is 4.61. The number of benzene rings is 3. The Morgan fingerprint density at radius 2 is 1.57 bits per heavy atom. The number of para-hydroxylation sites is 3. The molecule has 0 amide bonds. The molecule has 3 N–H and O–H groups in total. The number of rotatable bonds is 5. The number of nitrogens with one attached hydrogen (secondary N) is 2. The lowest BCUT2D eigenvalue weighted by molar-refractivity contribution is -0.131. The first kappa shape index (κ1) is 18.3. The fraction of sp³-hybridized carbons (Fsp3) is 0. The summed E-state index contributed by atoms with van der Waals surface area (Å²) in [6, 6.07) is 25.5. The Morgan fingerprint density at radius 3 is 2.33 bits per heavy atom. The highest BCUT2D eigenvalue weighted by atomic mass is 32.2. The van der Waals surface area contributed by atoms with Crippen LogP contribution in [0.4, 0.5) is 0 Å².